The van der Waals surface area contributed by atoms with Crippen LogP contribution in [0.3, 0.4) is 0 Å². The molecule has 3 nitrogen and oxygen atoms in total. The predicted molar refractivity (Wildman–Crippen MR) is 79.7 cm³/mol. The summed E-state index contributed by atoms with van der Waals surface area (Å²) in [4.78, 5) is 15.9. The lowest BCUT2D eigenvalue weighted by Gasteiger charge is -2.01. The Hall–Kier alpha value is -2.00. The molecular formula is C16H14ClNO2. The van der Waals surface area contributed by atoms with Crippen molar-refractivity contribution in [3.8, 4) is 0 Å². The molecule has 0 radical (unpaired) electrons. The molecule has 0 saturated heterocycles. The average molecular weight is 288 g/mol. The highest BCUT2D eigenvalue weighted by Gasteiger charge is 2.23. The van der Waals surface area contributed by atoms with Gasteiger partial charge in [0, 0.05) is 28.2 Å². The molecule has 2 aromatic heterocycles. The van der Waals surface area contributed by atoms with Gasteiger partial charge in [0.1, 0.15) is 11.5 Å². The van der Waals surface area contributed by atoms with Gasteiger partial charge >= 0.3 is 0 Å². The number of aromatic amines is 1. The van der Waals surface area contributed by atoms with Crippen LogP contribution in [0, 0.1) is 20.8 Å². The number of ketones is 1. The molecule has 0 atom stereocenters. The number of rotatable bonds is 2. The first kappa shape index (κ1) is 13.0. The number of nitrogens with one attached hydrogen (secondary N) is 1. The Labute approximate surface area is 121 Å². The molecule has 2 heterocycles. The summed E-state index contributed by atoms with van der Waals surface area (Å²) < 4.78 is 5.54. The van der Waals surface area contributed by atoms with Gasteiger partial charge in [-0.25, -0.2) is 0 Å². The van der Waals surface area contributed by atoms with E-state index in [0.29, 0.717) is 21.9 Å². The van der Waals surface area contributed by atoms with Gasteiger partial charge in [0.2, 0.25) is 0 Å². The number of carbonyl (C=O) groups is 1. The lowest BCUT2D eigenvalue weighted by Crippen LogP contribution is -2.03. The number of furan rings is 1. The fourth-order valence-corrected chi connectivity index (χ4v) is 2.86. The van der Waals surface area contributed by atoms with E-state index in [2.05, 4.69) is 4.98 Å². The number of H-pyrrole nitrogens is 1. The van der Waals surface area contributed by atoms with E-state index in [1.165, 1.54) is 0 Å². The molecule has 0 fully saturated rings. The molecule has 0 spiro atoms. The molecule has 1 aromatic carbocycles. The zero-order valence-corrected chi connectivity index (χ0v) is 12.3. The fraction of sp³-hybridized carbons (Fsp3) is 0.188. The Morgan fingerprint density at radius 1 is 1.20 bits per heavy atom. The zero-order valence-electron chi connectivity index (χ0n) is 11.5. The molecule has 0 saturated carbocycles. The largest absolute Gasteiger partial charge is 0.466 e. The Morgan fingerprint density at radius 3 is 2.60 bits per heavy atom. The normalized spacial score (nSPS) is 11.2. The molecule has 3 rings (SSSR count). The number of hydrogen-bond donors (Lipinski definition) is 1. The third-order valence-electron chi connectivity index (χ3n) is 3.69. The van der Waals surface area contributed by atoms with Crippen molar-refractivity contribution in [2.75, 3.05) is 0 Å². The maximum Gasteiger partial charge on any atom is 0.199 e. The zero-order chi connectivity index (χ0) is 14.4. The molecular weight excluding hydrogens is 274 g/mol. The number of benzene rings is 1. The van der Waals surface area contributed by atoms with Gasteiger partial charge in [0.15, 0.2) is 5.78 Å². The summed E-state index contributed by atoms with van der Waals surface area (Å²) in [6.45, 7) is 5.57. The van der Waals surface area contributed by atoms with Crippen LogP contribution in [-0.4, -0.2) is 10.8 Å². The number of halogens is 1. The molecule has 0 aliphatic heterocycles. The first-order valence-electron chi connectivity index (χ1n) is 6.37. The summed E-state index contributed by atoms with van der Waals surface area (Å²) in [7, 11) is 0. The second-order valence-corrected chi connectivity index (χ2v) is 5.32. The minimum Gasteiger partial charge on any atom is -0.466 e. The van der Waals surface area contributed by atoms with Gasteiger partial charge in [-0.3, -0.25) is 4.79 Å². The van der Waals surface area contributed by atoms with Crippen molar-refractivity contribution < 1.29 is 9.21 Å². The molecule has 3 aromatic rings. The molecule has 0 amide bonds. The summed E-state index contributed by atoms with van der Waals surface area (Å²) >= 11 is 6.22. The van der Waals surface area contributed by atoms with Crippen LogP contribution >= 0.6 is 11.6 Å². The topological polar surface area (TPSA) is 46.0 Å². The average Bonchev–Trinajstić information content (AvgIpc) is 2.93. The highest BCUT2D eigenvalue weighted by atomic mass is 35.5. The summed E-state index contributed by atoms with van der Waals surface area (Å²) in [6, 6.07) is 5.54. The molecule has 4 heteroatoms. The van der Waals surface area contributed by atoms with Gasteiger partial charge < -0.3 is 9.40 Å². The molecule has 0 aliphatic carbocycles. The van der Waals surface area contributed by atoms with E-state index in [0.717, 1.165) is 22.2 Å². The van der Waals surface area contributed by atoms with Gasteiger partial charge in [0.25, 0.3) is 0 Å². The summed E-state index contributed by atoms with van der Waals surface area (Å²) in [5.41, 5.74) is 2.95. The summed E-state index contributed by atoms with van der Waals surface area (Å²) in [5, 5.41) is 1.33. The highest BCUT2D eigenvalue weighted by Crippen LogP contribution is 2.30. The van der Waals surface area contributed by atoms with Crippen LogP contribution in [0.1, 0.15) is 33.0 Å². The van der Waals surface area contributed by atoms with E-state index < -0.39 is 0 Å². The van der Waals surface area contributed by atoms with Gasteiger partial charge in [0.05, 0.1) is 10.6 Å². The third-order valence-corrected chi connectivity index (χ3v) is 4.00. The minimum atomic E-state index is -0.0591. The number of hydrogen-bond acceptors (Lipinski definition) is 2. The van der Waals surface area contributed by atoms with E-state index in [-0.39, 0.29) is 5.78 Å². The fourth-order valence-electron chi connectivity index (χ4n) is 2.58. The van der Waals surface area contributed by atoms with E-state index >= 15 is 0 Å². The van der Waals surface area contributed by atoms with Crippen molar-refractivity contribution >= 4 is 28.3 Å². The van der Waals surface area contributed by atoms with Crippen molar-refractivity contribution in [1.29, 1.82) is 0 Å². The summed E-state index contributed by atoms with van der Waals surface area (Å²) in [6.07, 6.45) is 1.71. The molecule has 0 unspecified atom stereocenters. The van der Waals surface area contributed by atoms with E-state index in [1.807, 2.05) is 32.9 Å². The lowest BCUT2D eigenvalue weighted by atomic mass is 9.99. The van der Waals surface area contributed by atoms with Crippen LogP contribution in [0.15, 0.2) is 28.8 Å². The molecule has 1 N–H and O–H groups in total. The van der Waals surface area contributed by atoms with Crippen molar-refractivity contribution in [2.45, 2.75) is 20.8 Å². The van der Waals surface area contributed by atoms with Crippen LogP contribution in [0.2, 0.25) is 5.02 Å². The maximum atomic E-state index is 12.8. The number of carbonyl (C=O) groups excluding carboxylic acids is 1. The predicted octanol–water partition coefficient (Wildman–Crippen LogP) is 4.57. The van der Waals surface area contributed by atoms with Crippen molar-refractivity contribution in [3.05, 3.63) is 57.6 Å². The Bertz CT molecular complexity index is 826. The van der Waals surface area contributed by atoms with Gasteiger partial charge in [-0.15, -0.1) is 0 Å². The van der Waals surface area contributed by atoms with Crippen molar-refractivity contribution in [2.24, 2.45) is 0 Å². The molecule has 20 heavy (non-hydrogen) atoms. The van der Waals surface area contributed by atoms with E-state index in [4.69, 9.17) is 16.0 Å². The number of aromatic nitrogens is 1. The Kier molecular flexibility index (Phi) is 2.94. The van der Waals surface area contributed by atoms with E-state index in [1.54, 1.807) is 12.3 Å². The Balaban J connectivity index is 2.23. The quantitative estimate of drug-likeness (QED) is 0.702. The second-order valence-electron chi connectivity index (χ2n) is 4.91. The van der Waals surface area contributed by atoms with Crippen LogP contribution in [0.25, 0.3) is 10.9 Å². The minimum absolute atomic E-state index is 0.0591. The molecule has 102 valence electrons. The summed E-state index contributed by atoms with van der Waals surface area (Å²) in [5.74, 6) is 1.36. The molecule has 0 aliphatic rings. The molecule has 0 bridgehead atoms. The monoisotopic (exact) mass is 287 g/mol. The number of fused-ring (bicyclic) bond motifs is 1. The standard InChI is InChI=1S/C16H14ClNO2/c1-8-9(2)20-10(3)14(8)16(19)11-7-18-13-6-4-5-12(17)15(11)13/h4-7,18H,1-3H3. The van der Waals surface area contributed by atoms with Crippen LogP contribution in [-0.2, 0) is 0 Å². The van der Waals surface area contributed by atoms with E-state index in [9.17, 15) is 4.79 Å². The lowest BCUT2D eigenvalue weighted by molar-refractivity contribution is 0.103. The van der Waals surface area contributed by atoms with Gasteiger partial charge in [-0.1, -0.05) is 17.7 Å². The number of aryl methyl sites for hydroxylation is 2. The first-order valence-corrected chi connectivity index (χ1v) is 6.75. The highest BCUT2D eigenvalue weighted by molar-refractivity contribution is 6.37. The van der Waals surface area contributed by atoms with Crippen LogP contribution in [0.4, 0.5) is 0 Å². The maximum absolute atomic E-state index is 12.8. The third kappa shape index (κ3) is 1.78. The SMILES string of the molecule is Cc1oc(C)c(C(=O)c2c[nH]c3cccc(Cl)c23)c1C. The van der Waals surface area contributed by atoms with Gasteiger partial charge in [-0.2, -0.15) is 0 Å². The smallest absolute Gasteiger partial charge is 0.199 e. The first-order chi connectivity index (χ1) is 9.50. The second kappa shape index (κ2) is 4.53. The van der Waals surface area contributed by atoms with Crippen molar-refractivity contribution in [3.63, 3.8) is 0 Å². The van der Waals surface area contributed by atoms with Crippen LogP contribution < -0.4 is 0 Å². The van der Waals surface area contributed by atoms with Crippen molar-refractivity contribution in [1.82, 2.24) is 4.98 Å². The van der Waals surface area contributed by atoms with Gasteiger partial charge in [-0.05, 0) is 32.9 Å². The Morgan fingerprint density at radius 2 is 1.95 bits per heavy atom. The van der Waals surface area contributed by atoms with Crippen LogP contribution in [0.5, 0.6) is 0 Å².